The molecule has 4 heteroatoms. The van der Waals surface area contributed by atoms with Crippen molar-refractivity contribution in [2.24, 2.45) is 0 Å². The van der Waals surface area contributed by atoms with E-state index in [0.29, 0.717) is 12.1 Å². The number of benzene rings is 1. The van der Waals surface area contributed by atoms with Crippen LogP contribution in [0.15, 0.2) is 24.3 Å². The lowest BCUT2D eigenvalue weighted by atomic mass is 10.1. The van der Waals surface area contributed by atoms with Crippen LogP contribution in [0.1, 0.15) is 38.3 Å². The molecule has 0 saturated heterocycles. The highest BCUT2D eigenvalue weighted by molar-refractivity contribution is 5.67. The van der Waals surface area contributed by atoms with Crippen LogP contribution in [0.2, 0.25) is 0 Å². The zero-order valence-corrected chi connectivity index (χ0v) is 12.6. The van der Waals surface area contributed by atoms with E-state index >= 15 is 0 Å². The van der Waals surface area contributed by atoms with E-state index in [0.717, 1.165) is 12.8 Å². The Bertz CT molecular complexity index is 481. The molecule has 0 saturated carbocycles. The summed E-state index contributed by atoms with van der Waals surface area (Å²) in [5, 5.41) is 8.72. The normalized spacial score (nSPS) is 10.8. The van der Waals surface area contributed by atoms with Crippen molar-refractivity contribution >= 4 is 6.09 Å². The Balaban J connectivity index is 2.36. The summed E-state index contributed by atoms with van der Waals surface area (Å²) in [6.07, 6.45) is 1.44. The van der Waals surface area contributed by atoms with Gasteiger partial charge >= 0.3 is 6.09 Å². The first-order valence-corrected chi connectivity index (χ1v) is 6.75. The van der Waals surface area contributed by atoms with Crippen molar-refractivity contribution < 1.29 is 9.53 Å². The van der Waals surface area contributed by atoms with Crippen molar-refractivity contribution in [2.75, 3.05) is 13.6 Å². The third-order valence-corrected chi connectivity index (χ3v) is 2.75. The molecular weight excluding hydrogens is 252 g/mol. The quantitative estimate of drug-likeness (QED) is 0.846. The molecule has 0 fully saturated rings. The molecular formula is C16H22N2O2. The number of nitrogens with zero attached hydrogens (tertiary/aromatic N) is 2. The Labute approximate surface area is 121 Å². The fourth-order valence-electron chi connectivity index (χ4n) is 1.70. The Hall–Kier alpha value is -2.02. The lowest BCUT2D eigenvalue weighted by Crippen LogP contribution is -2.34. The van der Waals surface area contributed by atoms with Gasteiger partial charge in [-0.15, -0.1) is 0 Å². The maximum absolute atomic E-state index is 11.8. The molecule has 0 radical (unpaired) electrons. The highest BCUT2D eigenvalue weighted by Crippen LogP contribution is 2.10. The number of rotatable bonds is 4. The molecule has 0 aromatic heterocycles. The van der Waals surface area contributed by atoms with Crippen molar-refractivity contribution in [3.63, 3.8) is 0 Å². The minimum Gasteiger partial charge on any atom is -0.444 e. The second kappa shape index (κ2) is 6.95. The predicted molar refractivity (Wildman–Crippen MR) is 78.3 cm³/mol. The summed E-state index contributed by atoms with van der Waals surface area (Å²) >= 11 is 0. The van der Waals surface area contributed by atoms with Crippen molar-refractivity contribution in [1.29, 1.82) is 5.26 Å². The van der Waals surface area contributed by atoms with E-state index in [1.54, 1.807) is 11.9 Å². The van der Waals surface area contributed by atoms with E-state index in [4.69, 9.17) is 10.00 Å². The second-order valence-corrected chi connectivity index (χ2v) is 5.81. The van der Waals surface area contributed by atoms with Crippen LogP contribution >= 0.6 is 0 Å². The van der Waals surface area contributed by atoms with Gasteiger partial charge < -0.3 is 9.64 Å². The number of nitriles is 1. The highest BCUT2D eigenvalue weighted by Gasteiger charge is 2.18. The lowest BCUT2D eigenvalue weighted by Gasteiger charge is -2.24. The maximum atomic E-state index is 11.8. The van der Waals surface area contributed by atoms with Crippen molar-refractivity contribution in [2.45, 2.75) is 39.2 Å². The van der Waals surface area contributed by atoms with Gasteiger partial charge in [0.05, 0.1) is 11.6 Å². The van der Waals surface area contributed by atoms with Crippen LogP contribution in [0.25, 0.3) is 0 Å². The smallest absolute Gasteiger partial charge is 0.410 e. The molecule has 0 atom stereocenters. The number of amides is 1. The predicted octanol–water partition coefficient (Wildman–Crippen LogP) is 3.36. The molecule has 20 heavy (non-hydrogen) atoms. The Morgan fingerprint density at radius 2 is 1.90 bits per heavy atom. The van der Waals surface area contributed by atoms with Gasteiger partial charge in [0, 0.05) is 13.6 Å². The summed E-state index contributed by atoms with van der Waals surface area (Å²) in [7, 11) is 1.74. The average Bonchev–Trinajstić information content (AvgIpc) is 2.37. The molecule has 0 bridgehead atoms. The van der Waals surface area contributed by atoms with Crippen molar-refractivity contribution in [3.8, 4) is 6.07 Å². The van der Waals surface area contributed by atoms with Gasteiger partial charge in [-0.05, 0) is 51.3 Å². The number of carbonyl (C=O) groups is 1. The van der Waals surface area contributed by atoms with Crippen LogP contribution < -0.4 is 0 Å². The highest BCUT2D eigenvalue weighted by atomic mass is 16.6. The number of carbonyl (C=O) groups excluding carboxylic acids is 1. The number of ether oxygens (including phenoxy) is 1. The fraction of sp³-hybridized carbons (Fsp3) is 0.500. The summed E-state index contributed by atoms with van der Waals surface area (Å²) in [5.41, 5.74) is 1.37. The van der Waals surface area contributed by atoms with E-state index in [1.165, 1.54) is 5.56 Å². The van der Waals surface area contributed by atoms with E-state index < -0.39 is 5.60 Å². The summed E-state index contributed by atoms with van der Waals surface area (Å²) in [6, 6.07) is 9.62. The first-order chi connectivity index (χ1) is 9.31. The molecule has 1 amide bonds. The molecule has 0 unspecified atom stereocenters. The molecule has 1 aromatic rings. The standard InChI is InChI=1S/C16H22N2O2/c1-16(2,3)20-15(19)18(4)11-5-6-13-7-9-14(12-17)10-8-13/h7-10H,5-6,11H2,1-4H3. The summed E-state index contributed by atoms with van der Waals surface area (Å²) in [4.78, 5) is 13.3. The van der Waals surface area contributed by atoms with Crippen LogP contribution in [0.3, 0.4) is 0 Å². The Kier molecular flexibility index (Phi) is 5.57. The van der Waals surface area contributed by atoms with Crippen LogP contribution in [0.5, 0.6) is 0 Å². The van der Waals surface area contributed by atoms with Gasteiger partial charge in [0.25, 0.3) is 0 Å². The van der Waals surface area contributed by atoms with E-state index in [2.05, 4.69) is 6.07 Å². The fourth-order valence-corrected chi connectivity index (χ4v) is 1.70. The third kappa shape index (κ3) is 5.75. The van der Waals surface area contributed by atoms with E-state index in [1.807, 2.05) is 45.0 Å². The van der Waals surface area contributed by atoms with Gasteiger partial charge in [0.2, 0.25) is 0 Å². The molecule has 1 aromatic carbocycles. The van der Waals surface area contributed by atoms with E-state index in [-0.39, 0.29) is 6.09 Å². The van der Waals surface area contributed by atoms with Gasteiger partial charge in [-0.3, -0.25) is 0 Å². The molecule has 0 aliphatic heterocycles. The first-order valence-electron chi connectivity index (χ1n) is 6.75. The lowest BCUT2D eigenvalue weighted by molar-refractivity contribution is 0.0297. The summed E-state index contributed by atoms with van der Waals surface area (Å²) in [6.45, 7) is 6.22. The SMILES string of the molecule is CN(CCCc1ccc(C#N)cc1)C(=O)OC(C)(C)C. The average molecular weight is 274 g/mol. The van der Waals surface area contributed by atoms with Crippen molar-refractivity contribution in [1.82, 2.24) is 4.90 Å². The van der Waals surface area contributed by atoms with Gasteiger partial charge in [-0.1, -0.05) is 12.1 Å². The van der Waals surface area contributed by atoms with Gasteiger partial charge in [0.15, 0.2) is 0 Å². The molecule has 0 aliphatic carbocycles. The molecule has 0 aliphatic rings. The largest absolute Gasteiger partial charge is 0.444 e. The van der Waals surface area contributed by atoms with Gasteiger partial charge in [-0.2, -0.15) is 5.26 Å². The maximum Gasteiger partial charge on any atom is 0.410 e. The van der Waals surface area contributed by atoms with Crippen LogP contribution in [-0.4, -0.2) is 30.2 Å². The summed E-state index contributed by atoms with van der Waals surface area (Å²) < 4.78 is 5.28. The topological polar surface area (TPSA) is 53.3 Å². The van der Waals surface area contributed by atoms with Gasteiger partial charge in [0.1, 0.15) is 5.60 Å². The first kappa shape index (κ1) is 16.0. The second-order valence-electron chi connectivity index (χ2n) is 5.81. The van der Waals surface area contributed by atoms with Crippen LogP contribution in [0, 0.1) is 11.3 Å². The number of hydrogen-bond donors (Lipinski definition) is 0. The Morgan fingerprint density at radius 3 is 2.40 bits per heavy atom. The third-order valence-electron chi connectivity index (χ3n) is 2.75. The molecule has 108 valence electrons. The minimum absolute atomic E-state index is 0.294. The van der Waals surface area contributed by atoms with Gasteiger partial charge in [-0.25, -0.2) is 4.79 Å². The number of hydrogen-bond acceptors (Lipinski definition) is 3. The zero-order chi connectivity index (χ0) is 15.2. The molecule has 1 rings (SSSR count). The molecule has 0 spiro atoms. The number of aryl methyl sites for hydroxylation is 1. The molecule has 0 N–H and O–H groups in total. The van der Waals surface area contributed by atoms with Crippen molar-refractivity contribution in [3.05, 3.63) is 35.4 Å². The van der Waals surface area contributed by atoms with E-state index in [9.17, 15) is 4.79 Å². The van der Waals surface area contributed by atoms with Crippen LogP contribution in [-0.2, 0) is 11.2 Å². The minimum atomic E-state index is -0.460. The monoisotopic (exact) mass is 274 g/mol. The zero-order valence-electron chi connectivity index (χ0n) is 12.6. The Morgan fingerprint density at radius 1 is 1.30 bits per heavy atom. The summed E-state index contributed by atoms with van der Waals surface area (Å²) in [5.74, 6) is 0. The molecule has 4 nitrogen and oxygen atoms in total. The van der Waals surface area contributed by atoms with Crippen LogP contribution in [0.4, 0.5) is 4.79 Å². The molecule has 0 heterocycles.